The number of nitrogens with zero attached hydrogens (tertiary/aromatic N) is 1. The van der Waals surface area contributed by atoms with Crippen molar-refractivity contribution < 1.29 is 24.2 Å². The first-order valence-electron chi connectivity index (χ1n) is 5.23. The number of carbonyl (C=O) groups excluding carboxylic acids is 2. The first-order chi connectivity index (χ1) is 8.08. The van der Waals surface area contributed by atoms with Crippen LogP contribution in [0.4, 0.5) is 4.79 Å². The van der Waals surface area contributed by atoms with Gasteiger partial charge in [0.25, 0.3) is 0 Å². The van der Waals surface area contributed by atoms with E-state index < -0.39 is 17.9 Å². The van der Waals surface area contributed by atoms with Gasteiger partial charge in [0.2, 0.25) is 5.91 Å². The molecule has 0 aromatic rings. The van der Waals surface area contributed by atoms with Gasteiger partial charge in [0.05, 0.1) is 19.6 Å². The fourth-order valence-electron chi connectivity index (χ4n) is 1.26. The van der Waals surface area contributed by atoms with E-state index in [1.807, 2.05) is 5.32 Å². The molecule has 3 amide bonds. The number of nitrogens with one attached hydrogen (secondary N) is 2. The molecule has 0 aromatic carbocycles. The minimum atomic E-state index is -1.08. The summed E-state index contributed by atoms with van der Waals surface area (Å²) in [6, 6.07) is -0.651. The molecule has 0 saturated carbocycles. The maximum absolute atomic E-state index is 11.3. The molecule has 8 nitrogen and oxygen atoms in total. The first kappa shape index (κ1) is 13.4. The number of urea groups is 1. The van der Waals surface area contributed by atoms with Crippen molar-refractivity contribution in [3.63, 3.8) is 0 Å². The van der Waals surface area contributed by atoms with Crippen LogP contribution in [0.25, 0.3) is 0 Å². The Kier molecular flexibility index (Phi) is 5.37. The molecule has 1 saturated heterocycles. The third-order valence-electron chi connectivity index (χ3n) is 2.09. The Morgan fingerprint density at radius 3 is 2.41 bits per heavy atom. The third kappa shape index (κ3) is 5.83. The van der Waals surface area contributed by atoms with E-state index in [1.165, 1.54) is 0 Å². The lowest BCUT2D eigenvalue weighted by molar-refractivity contribution is -0.138. The van der Waals surface area contributed by atoms with Gasteiger partial charge in [0, 0.05) is 19.5 Å². The highest BCUT2D eigenvalue weighted by molar-refractivity contribution is 5.95. The largest absolute Gasteiger partial charge is 0.481 e. The summed E-state index contributed by atoms with van der Waals surface area (Å²) in [5, 5.41) is 12.0. The van der Waals surface area contributed by atoms with E-state index in [2.05, 4.69) is 5.43 Å². The van der Waals surface area contributed by atoms with Gasteiger partial charge < -0.3 is 9.84 Å². The molecule has 1 aliphatic rings. The van der Waals surface area contributed by atoms with Crippen molar-refractivity contribution in [2.24, 2.45) is 0 Å². The smallest absolute Gasteiger partial charge is 0.335 e. The van der Waals surface area contributed by atoms with E-state index in [-0.39, 0.29) is 12.8 Å². The van der Waals surface area contributed by atoms with Crippen molar-refractivity contribution in [3.05, 3.63) is 0 Å². The molecule has 1 heterocycles. The van der Waals surface area contributed by atoms with Gasteiger partial charge in [-0.3, -0.25) is 20.3 Å². The number of hydrogen-bond donors (Lipinski definition) is 3. The Balaban J connectivity index is 2.19. The summed E-state index contributed by atoms with van der Waals surface area (Å²) in [4.78, 5) is 32.6. The number of rotatable bonds is 4. The number of hydrazine groups is 1. The van der Waals surface area contributed by atoms with Crippen molar-refractivity contribution in [1.29, 1.82) is 0 Å². The topological polar surface area (TPSA) is 108 Å². The molecule has 8 heteroatoms. The van der Waals surface area contributed by atoms with Gasteiger partial charge in [-0.15, -0.1) is 0 Å². The lowest BCUT2D eigenvalue weighted by Gasteiger charge is -2.26. The van der Waals surface area contributed by atoms with Gasteiger partial charge in [-0.05, 0) is 0 Å². The molecule has 1 aliphatic heterocycles. The first-order valence-corrected chi connectivity index (χ1v) is 5.23. The lowest BCUT2D eigenvalue weighted by Crippen LogP contribution is -2.52. The van der Waals surface area contributed by atoms with Crippen LogP contribution >= 0.6 is 0 Å². The van der Waals surface area contributed by atoms with Crippen LogP contribution in [-0.2, 0) is 14.3 Å². The third-order valence-corrected chi connectivity index (χ3v) is 2.09. The zero-order valence-corrected chi connectivity index (χ0v) is 9.27. The van der Waals surface area contributed by atoms with Crippen LogP contribution in [0.3, 0.4) is 0 Å². The molecule has 1 rings (SSSR count). The molecule has 3 N–H and O–H groups in total. The average molecular weight is 245 g/mol. The molecule has 96 valence electrons. The number of amides is 3. The summed E-state index contributed by atoms with van der Waals surface area (Å²) < 4.78 is 5.08. The van der Waals surface area contributed by atoms with Gasteiger partial charge in [-0.1, -0.05) is 0 Å². The van der Waals surface area contributed by atoms with Crippen molar-refractivity contribution in [2.45, 2.75) is 12.8 Å². The number of morpholine rings is 1. The highest BCUT2D eigenvalue weighted by Crippen LogP contribution is 1.92. The van der Waals surface area contributed by atoms with E-state index in [4.69, 9.17) is 9.84 Å². The molecular weight excluding hydrogens is 230 g/mol. The van der Waals surface area contributed by atoms with Crippen LogP contribution < -0.4 is 10.7 Å². The number of aliphatic carboxylic acids is 1. The second-order valence-electron chi connectivity index (χ2n) is 3.48. The highest BCUT2D eigenvalue weighted by atomic mass is 16.5. The quantitative estimate of drug-likeness (QED) is 0.581. The summed E-state index contributed by atoms with van der Waals surface area (Å²) >= 11 is 0. The van der Waals surface area contributed by atoms with E-state index in [0.717, 1.165) is 0 Å². The summed E-state index contributed by atoms with van der Waals surface area (Å²) in [7, 11) is 0. The van der Waals surface area contributed by atoms with Gasteiger partial charge >= 0.3 is 12.0 Å². The van der Waals surface area contributed by atoms with Gasteiger partial charge in [0.1, 0.15) is 0 Å². The number of carboxylic acid groups (broad SMARTS) is 1. The van der Waals surface area contributed by atoms with E-state index in [1.54, 1.807) is 5.01 Å². The van der Waals surface area contributed by atoms with E-state index in [9.17, 15) is 14.4 Å². The molecule has 0 bridgehead atoms. The molecule has 0 atom stereocenters. The van der Waals surface area contributed by atoms with Crippen LogP contribution in [0.1, 0.15) is 12.8 Å². The Hall–Kier alpha value is -1.67. The molecule has 0 spiro atoms. The molecular formula is C9H15N3O5. The van der Waals surface area contributed by atoms with Gasteiger partial charge in [0.15, 0.2) is 0 Å². The Morgan fingerprint density at radius 2 is 1.82 bits per heavy atom. The number of hydrogen-bond acceptors (Lipinski definition) is 5. The summed E-state index contributed by atoms with van der Waals surface area (Å²) in [6.45, 7) is 2.15. The minimum absolute atomic E-state index is 0.216. The predicted octanol–water partition coefficient (Wildman–Crippen LogP) is -1.08. The molecule has 0 aromatic heterocycles. The second kappa shape index (κ2) is 6.81. The number of carboxylic acids is 1. The molecule has 0 unspecified atom stereocenters. The molecule has 17 heavy (non-hydrogen) atoms. The van der Waals surface area contributed by atoms with E-state index >= 15 is 0 Å². The monoisotopic (exact) mass is 245 g/mol. The summed E-state index contributed by atoms with van der Waals surface area (Å²) in [6.07, 6.45) is -0.511. The molecule has 1 fully saturated rings. The van der Waals surface area contributed by atoms with Crippen molar-refractivity contribution in [2.75, 3.05) is 26.3 Å². The second-order valence-corrected chi connectivity index (χ2v) is 3.48. The normalized spacial score (nSPS) is 16.2. The average Bonchev–Trinajstić information content (AvgIpc) is 2.27. The Morgan fingerprint density at radius 1 is 1.18 bits per heavy atom. The lowest BCUT2D eigenvalue weighted by atomic mass is 10.3. The van der Waals surface area contributed by atoms with Crippen LogP contribution in [0.15, 0.2) is 0 Å². The van der Waals surface area contributed by atoms with E-state index in [0.29, 0.717) is 26.3 Å². The van der Waals surface area contributed by atoms with Gasteiger partial charge in [-0.25, -0.2) is 9.80 Å². The minimum Gasteiger partial charge on any atom is -0.481 e. The van der Waals surface area contributed by atoms with Crippen molar-refractivity contribution in [3.8, 4) is 0 Å². The number of carbonyl (C=O) groups is 3. The van der Waals surface area contributed by atoms with Crippen molar-refractivity contribution >= 4 is 17.9 Å². The summed E-state index contributed by atoms with van der Waals surface area (Å²) in [5.74, 6) is -1.69. The fourth-order valence-corrected chi connectivity index (χ4v) is 1.26. The van der Waals surface area contributed by atoms with Crippen molar-refractivity contribution in [1.82, 2.24) is 15.8 Å². The molecule has 0 radical (unpaired) electrons. The number of imide groups is 1. The van der Waals surface area contributed by atoms with Crippen LogP contribution in [0.5, 0.6) is 0 Å². The van der Waals surface area contributed by atoms with Crippen LogP contribution in [-0.4, -0.2) is 54.3 Å². The predicted molar refractivity (Wildman–Crippen MR) is 55.9 cm³/mol. The number of ether oxygens (including phenoxy) is 1. The fraction of sp³-hybridized carbons (Fsp3) is 0.667. The maximum Gasteiger partial charge on any atom is 0.335 e. The standard InChI is InChI=1S/C9H15N3O5/c13-7(1-2-8(14)15)10-9(16)11-12-3-5-17-6-4-12/h1-6H2,(H,14,15)(H2,10,11,13,16). The Labute approximate surface area is 97.9 Å². The van der Waals surface area contributed by atoms with Gasteiger partial charge in [-0.2, -0.15) is 0 Å². The summed E-state index contributed by atoms with van der Waals surface area (Å²) in [5.41, 5.74) is 2.47. The van der Waals surface area contributed by atoms with Crippen LogP contribution in [0.2, 0.25) is 0 Å². The SMILES string of the molecule is O=C(O)CCC(=O)NC(=O)NN1CCOCC1. The van der Waals surface area contributed by atoms with Crippen LogP contribution in [0, 0.1) is 0 Å². The Bertz CT molecular complexity index is 301. The maximum atomic E-state index is 11.3. The zero-order chi connectivity index (χ0) is 12.7. The molecule has 0 aliphatic carbocycles. The zero-order valence-electron chi connectivity index (χ0n) is 9.27. The highest BCUT2D eigenvalue weighted by Gasteiger charge is 2.14.